The first-order valence-corrected chi connectivity index (χ1v) is 6.97. The number of nitrogens with one attached hydrogen (secondary N) is 1. The zero-order valence-corrected chi connectivity index (χ0v) is 12.8. The van der Waals surface area contributed by atoms with E-state index in [9.17, 15) is 10.1 Å². The molecule has 0 fully saturated rings. The van der Waals surface area contributed by atoms with E-state index in [-0.39, 0.29) is 16.7 Å². The number of anilines is 1. The zero-order valence-electron chi connectivity index (χ0n) is 12.8. The van der Waals surface area contributed by atoms with Crippen LogP contribution in [0.5, 0.6) is 0 Å². The molecular weight excluding hydrogens is 264 g/mol. The van der Waals surface area contributed by atoms with Gasteiger partial charge in [-0.05, 0) is 44.9 Å². The van der Waals surface area contributed by atoms with Crippen molar-refractivity contribution in [2.75, 3.05) is 5.32 Å². The molecule has 1 atom stereocenters. The number of hydrogen-bond acceptors (Lipinski definition) is 3. The molecule has 0 saturated heterocycles. The molecule has 0 saturated carbocycles. The molecule has 2 aromatic carbocycles. The van der Waals surface area contributed by atoms with Gasteiger partial charge in [-0.3, -0.25) is 10.1 Å². The van der Waals surface area contributed by atoms with Crippen molar-refractivity contribution in [1.29, 1.82) is 0 Å². The molecular formula is C17H20N2O2. The topological polar surface area (TPSA) is 55.2 Å². The van der Waals surface area contributed by atoms with Crippen molar-refractivity contribution in [2.45, 2.75) is 33.7 Å². The maximum atomic E-state index is 11.0. The molecule has 0 aliphatic carbocycles. The molecule has 0 aliphatic rings. The lowest BCUT2D eigenvalue weighted by Gasteiger charge is -2.18. The predicted octanol–water partition coefficient (Wildman–Crippen LogP) is 4.69. The van der Waals surface area contributed by atoms with Gasteiger partial charge in [0.2, 0.25) is 0 Å². The quantitative estimate of drug-likeness (QED) is 0.654. The van der Waals surface area contributed by atoms with E-state index in [4.69, 9.17) is 0 Å². The van der Waals surface area contributed by atoms with Gasteiger partial charge in [0.1, 0.15) is 0 Å². The van der Waals surface area contributed by atoms with E-state index in [1.54, 1.807) is 19.1 Å². The van der Waals surface area contributed by atoms with E-state index in [1.165, 1.54) is 16.7 Å². The molecule has 1 N–H and O–H groups in total. The Hall–Kier alpha value is -2.36. The number of benzene rings is 2. The van der Waals surface area contributed by atoms with Gasteiger partial charge in [-0.2, -0.15) is 0 Å². The van der Waals surface area contributed by atoms with E-state index in [1.807, 2.05) is 6.07 Å². The minimum absolute atomic E-state index is 0.0907. The summed E-state index contributed by atoms with van der Waals surface area (Å²) in [4.78, 5) is 10.7. The number of nitro groups is 1. The van der Waals surface area contributed by atoms with Crippen LogP contribution in [0.3, 0.4) is 0 Å². The molecule has 110 valence electrons. The molecule has 0 spiro atoms. The van der Waals surface area contributed by atoms with E-state index in [0.717, 1.165) is 5.69 Å². The summed E-state index contributed by atoms with van der Waals surface area (Å²) in [5.74, 6) is 0. The van der Waals surface area contributed by atoms with Crippen molar-refractivity contribution in [3.05, 3.63) is 68.8 Å². The van der Waals surface area contributed by atoms with Crippen LogP contribution in [0.2, 0.25) is 0 Å². The third kappa shape index (κ3) is 3.40. The molecule has 4 nitrogen and oxygen atoms in total. The van der Waals surface area contributed by atoms with Crippen molar-refractivity contribution < 1.29 is 4.92 Å². The number of nitro benzene ring substituents is 1. The smallest absolute Gasteiger partial charge is 0.274 e. The van der Waals surface area contributed by atoms with Crippen LogP contribution in [0.25, 0.3) is 0 Å². The summed E-state index contributed by atoms with van der Waals surface area (Å²) in [6, 6.07) is 11.7. The number of hydrogen-bond donors (Lipinski definition) is 1. The predicted molar refractivity (Wildman–Crippen MR) is 85.8 cm³/mol. The van der Waals surface area contributed by atoms with Crippen molar-refractivity contribution in [3.8, 4) is 0 Å². The normalized spacial score (nSPS) is 12.0. The highest BCUT2D eigenvalue weighted by molar-refractivity contribution is 5.56. The van der Waals surface area contributed by atoms with Crippen LogP contribution in [0.15, 0.2) is 36.4 Å². The van der Waals surface area contributed by atoms with Gasteiger partial charge in [0.15, 0.2) is 0 Å². The van der Waals surface area contributed by atoms with Gasteiger partial charge in [0, 0.05) is 23.4 Å². The molecule has 0 heterocycles. The second kappa shape index (κ2) is 5.95. The molecule has 0 aromatic heterocycles. The minimum Gasteiger partial charge on any atom is -0.378 e. The third-order valence-electron chi connectivity index (χ3n) is 3.68. The highest BCUT2D eigenvalue weighted by Crippen LogP contribution is 2.27. The third-order valence-corrected chi connectivity index (χ3v) is 3.68. The van der Waals surface area contributed by atoms with Gasteiger partial charge in [0.25, 0.3) is 5.69 Å². The summed E-state index contributed by atoms with van der Waals surface area (Å²) in [5.41, 5.74) is 5.23. The number of rotatable bonds is 4. The first-order chi connectivity index (χ1) is 9.88. The SMILES string of the molecule is Cc1ccc(C(C)Nc2ccc(C)c([N+](=O)[O-])c2)c(C)c1. The van der Waals surface area contributed by atoms with E-state index >= 15 is 0 Å². The molecule has 21 heavy (non-hydrogen) atoms. The van der Waals surface area contributed by atoms with Crippen LogP contribution in [-0.4, -0.2) is 4.92 Å². The molecule has 2 rings (SSSR count). The van der Waals surface area contributed by atoms with Crippen molar-refractivity contribution >= 4 is 11.4 Å². The average molecular weight is 284 g/mol. The Labute approximate surface area is 125 Å². The fourth-order valence-electron chi connectivity index (χ4n) is 2.54. The lowest BCUT2D eigenvalue weighted by molar-refractivity contribution is -0.385. The van der Waals surface area contributed by atoms with E-state index < -0.39 is 0 Å². The van der Waals surface area contributed by atoms with Gasteiger partial charge in [-0.1, -0.05) is 29.8 Å². The van der Waals surface area contributed by atoms with Gasteiger partial charge in [-0.15, -0.1) is 0 Å². The second-order valence-corrected chi connectivity index (χ2v) is 5.48. The summed E-state index contributed by atoms with van der Waals surface area (Å²) in [5, 5.41) is 14.3. The molecule has 2 aromatic rings. The van der Waals surface area contributed by atoms with Crippen LogP contribution in [0, 0.1) is 30.9 Å². The maximum Gasteiger partial charge on any atom is 0.274 e. The largest absolute Gasteiger partial charge is 0.378 e. The van der Waals surface area contributed by atoms with Crippen LogP contribution in [-0.2, 0) is 0 Å². The maximum absolute atomic E-state index is 11.0. The highest BCUT2D eigenvalue weighted by atomic mass is 16.6. The molecule has 0 aliphatic heterocycles. The molecule has 4 heteroatoms. The fourth-order valence-corrected chi connectivity index (χ4v) is 2.54. The Bertz CT molecular complexity index is 680. The van der Waals surface area contributed by atoms with Crippen LogP contribution in [0.1, 0.15) is 35.2 Å². The Morgan fingerprint density at radius 1 is 1.05 bits per heavy atom. The van der Waals surface area contributed by atoms with Crippen LogP contribution >= 0.6 is 0 Å². The lowest BCUT2D eigenvalue weighted by atomic mass is 10.00. The van der Waals surface area contributed by atoms with Crippen molar-refractivity contribution in [3.63, 3.8) is 0 Å². The lowest BCUT2D eigenvalue weighted by Crippen LogP contribution is -2.08. The number of aryl methyl sites for hydroxylation is 3. The second-order valence-electron chi connectivity index (χ2n) is 5.48. The monoisotopic (exact) mass is 284 g/mol. The summed E-state index contributed by atoms with van der Waals surface area (Å²) in [6.45, 7) is 7.95. The standard InChI is InChI=1S/C17H20N2O2/c1-11-5-8-16(13(3)9-11)14(4)18-15-7-6-12(2)17(10-15)19(20)21/h5-10,14,18H,1-4H3. The fraction of sp³-hybridized carbons (Fsp3) is 0.294. The zero-order chi connectivity index (χ0) is 15.6. The molecule has 1 unspecified atom stereocenters. The Morgan fingerprint density at radius 3 is 2.38 bits per heavy atom. The van der Waals surface area contributed by atoms with Gasteiger partial charge < -0.3 is 5.32 Å². The van der Waals surface area contributed by atoms with Gasteiger partial charge in [-0.25, -0.2) is 0 Å². The van der Waals surface area contributed by atoms with Crippen molar-refractivity contribution in [2.24, 2.45) is 0 Å². The Morgan fingerprint density at radius 2 is 1.76 bits per heavy atom. The molecule has 0 radical (unpaired) electrons. The molecule has 0 amide bonds. The first-order valence-electron chi connectivity index (χ1n) is 6.97. The van der Waals surface area contributed by atoms with Gasteiger partial charge in [0.05, 0.1) is 4.92 Å². The summed E-state index contributed by atoms with van der Waals surface area (Å²) in [6.07, 6.45) is 0. The summed E-state index contributed by atoms with van der Waals surface area (Å²) in [7, 11) is 0. The van der Waals surface area contributed by atoms with Crippen molar-refractivity contribution in [1.82, 2.24) is 0 Å². The van der Waals surface area contributed by atoms with Gasteiger partial charge >= 0.3 is 0 Å². The Kier molecular flexibility index (Phi) is 4.26. The molecule has 0 bridgehead atoms. The highest BCUT2D eigenvalue weighted by Gasteiger charge is 2.13. The minimum atomic E-state index is -0.345. The van der Waals surface area contributed by atoms with Crippen LogP contribution < -0.4 is 5.32 Å². The van der Waals surface area contributed by atoms with E-state index in [0.29, 0.717) is 5.56 Å². The summed E-state index contributed by atoms with van der Waals surface area (Å²) >= 11 is 0. The first kappa shape index (κ1) is 15.0. The average Bonchev–Trinajstić information content (AvgIpc) is 2.40. The van der Waals surface area contributed by atoms with E-state index in [2.05, 4.69) is 44.3 Å². The summed E-state index contributed by atoms with van der Waals surface area (Å²) < 4.78 is 0. The van der Waals surface area contributed by atoms with Crippen LogP contribution in [0.4, 0.5) is 11.4 Å². The Balaban J connectivity index is 2.25. The number of nitrogens with zero attached hydrogens (tertiary/aromatic N) is 1.